The van der Waals surface area contributed by atoms with Crippen molar-refractivity contribution >= 4 is 27.3 Å². The summed E-state index contributed by atoms with van der Waals surface area (Å²) >= 11 is 1.58. The van der Waals surface area contributed by atoms with Gasteiger partial charge in [-0.1, -0.05) is 13.0 Å². The lowest BCUT2D eigenvalue weighted by atomic mass is 10.0. The van der Waals surface area contributed by atoms with Gasteiger partial charge in [-0.15, -0.1) is 11.3 Å². The molecule has 0 unspecified atom stereocenters. The highest BCUT2D eigenvalue weighted by Gasteiger charge is 2.34. The smallest absolute Gasteiger partial charge is 0.268 e. The van der Waals surface area contributed by atoms with Crippen molar-refractivity contribution in [3.8, 4) is 0 Å². The number of nitrogens with one attached hydrogen (secondary N) is 1. The lowest BCUT2D eigenvalue weighted by molar-refractivity contribution is 0.0942. The topological polar surface area (TPSA) is 71.4 Å². The molecular weight excluding hydrogens is 382 g/mol. The number of carbonyl (C=O) groups excluding carboxylic acids is 1. The molecule has 0 saturated carbocycles. The maximum Gasteiger partial charge on any atom is 0.268 e. The Labute approximate surface area is 165 Å². The first-order valence-electron chi connectivity index (χ1n) is 9.20. The number of carbonyl (C=O) groups is 1. The van der Waals surface area contributed by atoms with Crippen molar-refractivity contribution in [2.45, 2.75) is 45.1 Å². The predicted octanol–water partition coefficient (Wildman–Crippen LogP) is 3.05. The highest BCUT2D eigenvalue weighted by molar-refractivity contribution is 7.89. The summed E-state index contributed by atoms with van der Waals surface area (Å²) in [4.78, 5) is 14.1. The van der Waals surface area contributed by atoms with Crippen LogP contribution in [-0.4, -0.2) is 36.3 Å². The summed E-state index contributed by atoms with van der Waals surface area (Å²) in [6.07, 6.45) is 1.75. The zero-order valence-corrected chi connectivity index (χ0v) is 17.9. The van der Waals surface area contributed by atoms with Gasteiger partial charge in [0.1, 0.15) is 10.6 Å². The molecule has 3 rings (SSSR count). The largest absolute Gasteiger partial charge is 0.346 e. The first-order valence-corrected chi connectivity index (χ1v) is 11.5. The van der Waals surface area contributed by atoms with Crippen molar-refractivity contribution in [2.24, 2.45) is 13.0 Å². The molecule has 2 aromatic heterocycles. The van der Waals surface area contributed by atoms with Gasteiger partial charge in [0.25, 0.3) is 5.91 Å². The van der Waals surface area contributed by atoms with Gasteiger partial charge < -0.3 is 9.88 Å². The van der Waals surface area contributed by atoms with Crippen molar-refractivity contribution in [3.63, 3.8) is 0 Å². The number of amides is 1. The molecule has 1 fully saturated rings. The third-order valence-electron chi connectivity index (χ3n) is 5.42. The maximum absolute atomic E-state index is 13.3. The van der Waals surface area contributed by atoms with Gasteiger partial charge in [-0.25, -0.2) is 8.42 Å². The monoisotopic (exact) mass is 409 g/mol. The van der Waals surface area contributed by atoms with Gasteiger partial charge in [0, 0.05) is 36.3 Å². The average molecular weight is 410 g/mol. The SMILES string of the molecule is Cc1c(S(=O)(=O)N2CCC(C)CC2)c(C)n(C)c1C(=O)NCc1cccs1. The minimum atomic E-state index is -3.61. The van der Waals surface area contributed by atoms with Crippen LogP contribution in [-0.2, 0) is 23.6 Å². The number of aromatic nitrogens is 1. The van der Waals surface area contributed by atoms with Gasteiger partial charge in [0.15, 0.2) is 0 Å². The van der Waals surface area contributed by atoms with E-state index in [1.165, 1.54) is 0 Å². The minimum absolute atomic E-state index is 0.250. The van der Waals surface area contributed by atoms with Crippen molar-refractivity contribution in [3.05, 3.63) is 39.3 Å². The molecule has 2 aromatic rings. The van der Waals surface area contributed by atoms with Gasteiger partial charge in [0.2, 0.25) is 10.0 Å². The van der Waals surface area contributed by atoms with Crippen LogP contribution >= 0.6 is 11.3 Å². The fourth-order valence-electron chi connectivity index (χ4n) is 3.67. The fraction of sp³-hybridized carbons (Fsp3) is 0.526. The molecule has 1 saturated heterocycles. The van der Waals surface area contributed by atoms with Crippen molar-refractivity contribution in [1.29, 1.82) is 0 Å². The Morgan fingerprint density at radius 1 is 1.30 bits per heavy atom. The molecule has 148 valence electrons. The predicted molar refractivity (Wildman–Crippen MR) is 108 cm³/mol. The second kappa shape index (κ2) is 7.77. The number of rotatable bonds is 5. The van der Waals surface area contributed by atoms with E-state index in [9.17, 15) is 13.2 Å². The van der Waals surface area contributed by atoms with Crippen LogP contribution in [0.5, 0.6) is 0 Å². The molecule has 0 aliphatic carbocycles. The third kappa shape index (κ3) is 3.83. The van der Waals surface area contributed by atoms with Crippen LogP contribution < -0.4 is 5.32 Å². The summed E-state index contributed by atoms with van der Waals surface area (Å²) in [5.41, 5.74) is 1.54. The Kier molecular flexibility index (Phi) is 5.79. The van der Waals surface area contributed by atoms with Crippen LogP contribution in [0.2, 0.25) is 0 Å². The first kappa shape index (κ1) is 20.1. The number of nitrogens with zero attached hydrogens (tertiary/aromatic N) is 2. The van der Waals surface area contributed by atoms with E-state index >= 15 is 0 Å². The Hall–Kier alpha value is -1.64. The molecule has 1 N–H and O–H groups in total. The molecular formula is C19H27N3O3S2. The molecule has 0 bridgehead atoms. The molecule has 0 atom stereocenters. The summed E-state index contributed by atoms with van der Waals surface area (Å²) in [5, 5.41) is 4.86. The van der Waals surface area contributed by atoms with Gasteiger partial charge in [-0.05, 0) is 44.1 Å². The second-order valence-corrected chi connectivity index (χ2v) is 10.2. The molecule has 0 radical (unpaired) electrons. The molecule has 27 heavy (non-hydrogen) atoms. The van der Waals surface area contributed by atoms with E-state index in [1.807, 2.05) is 17.5 Å². The average Bonchev–Trinajstić information content (AvgIpc) is 3.20. The van der Waals surface area contributed by atoms with Crippen LogP contribution in [0.25, 0.3) is 0 Å². The normalized spacial score (nSPS) is 16.6. The Morgan fingerprint density at radius 3 is 2.56 bits per heavy atom. The van der Waals surface area contributed by atoms with Crippen LogP contribution in [0.3, 0.4) is 0 Å². The molecule has 1 aliphatic heterocycles. The second-order valence-electron chi connectivity index (χ2n) is 7.30. The summed E-state index contributed by atoms with van der Waals surface area (Å²) in [6, 6.07) is 3.90. The Bertz CT molecular complexity index is 922. The highest BCUT2D eigenvalue weighted by Crippen LogP contribution is 2.31. The van der Waals surface area contributed by atoms with E-state index in [0.717, 1.165) is 17.7 Å². The Morgan fingerprint density at radius 2 is 1.96 bits per heavy atom. The van der Waals surface area contributed by atoms with Gasteiger partial charge in [0.05, 0.1) is 6.54 Å². The first-order chi connectivity index (χ1) is 12.7. The van der Waals surface area contributed by atoms with Gasteiger partial charge >= 0.3 is 0 Å². The molecule has 3 heterocycles. The summed E-state index contributed by atoms with van der Waals surface area (Å²) in [5.74, 6) is 0.299. The molecule has 0 spiro atoms. The van der Waals surface area contributed by atoms with E-state index in [2.05, 4.69) is 12.2 Å². The number of sulfonamides is 1. The molecule has 0 aromatic carbocycles. The van der Waals surface area contributed by atoms with E-state index in [1.54, 1.807) is 41.1 Å². The fourth-order valence-corrected chi connectivity index (χ4v) is 6.26. The molecule has 6 nitrogen and oxygen atoms in total. The number of piperidine rings is 1. The zero-order chi connectivity index (χ0) is 19.8. The lowest BCUT2D eigenvalue weighted by Crippen LogP contribution is -2.38. The highest BCUT2D eigenvalue weighted by atomic mass is 32.2. The Balaban J connectivity index is 1.89. The van der Waals surface area contributed by atoms with Crippen LogP contribution in [0.15, 0.2) is 22.4 Å². The van der Waals surface area contributed by atoms with Crippen molar-refractivity contribution in [1.82, 2.24) is 14.2 Å². The van der Waals surface area contributed by atoms with E-state index in [-0.39, 0.29) is 10.8 Å². The molecule has 8 heteroatoms. The quantitative estimate of drug-likeness (QED) is 0.825. The summed E-state index contributed by atoms with van der Waals surface area (Å²) < 4.78 is 29.8. The van der Waals surface area contributed by atoms with Crippen molar-refractivity contribution < 1.29 is 13.2 Å². The number of thiophene rings is 1. The third-order valence-corrected chi connectivity index (χ3v) is 8.46. The van der Waals surface area contributed by atoms with Crippen LogP contribution in [0, 0.1) is 19.8 Å². The van der Waals surface area contributed by atoms with Crippen molar-refractivity contribution in [2.75, 3.05) is 13.1 Å². The van der Waals surface area contributed by atoms with E-state index < -0.39 is 10.0 Å². The van der Waals surface area contributed by atoms with Gasteiger partial charge in [-0.2, -0.15) is 4.31 Å². The number of hydrogen-bond donors (Lipinski definition) is 1. The molecule has 1 amide bonds. The molecule has 1 aliphatic rings. The lowest BCUT2D eigenvalue weighted by Gasteiger charge is -2.29. The summed E-state index contributed by atoms with van der Waals surface area (Å²) in [7, 11) is -1.86. The van der Waals surface area contributed by atoms with Crippen LogP contribution in [0.1, 0.15) is 46.4 Å². The van der Waals surface area contributed by atoms with Crippen LogP contribution in [0.4, 0.5) is 0 Å². The van der Waals surface area contributed by atoms with E-state index in [4.69, 9.17) is 0 Å². The van der Waals surface area contributed by atoms with Gasteiger partial charge in [-0.3, -0.25) is 4.79 Å². The zero-order valence-electron chi connectivity index (χ0n) is 16.3. The van der Waals surface area contributed by atoms with E-state index in [0.29, 0.717) is 42.5 Å². The number of hydrogen-bond acceptors (Lipinski definition) is 4. The summed E-state index contributed by atoms with van der Waals surface area (Å²) in [6.45, 7) is 7.16. The maximum atomic E-state index is 13.3. The minimum Gasteiger partial charge on any atom is -0.346 e. The standard InChI is InChI=1S/C19H27N3O3S2/c1-13-7-9-22(10-8-13)27(24,25)18-14(2)17(21(4)15(18)3)19(23)20-12-16-6-5-11-26-16/h5-6,11,13H,7-10,12H2,1-4H3,(H,20,23).